The van der Waals surface area contributed by atoms with E-state index in [4.69, 9.17) is 4.42 Å². The molecule has 126 valence electrons. The Morgan fingerprint density at radius 1 is 1.00 bits per heavy atom. The van der Waals surface area contributed by atoms with E-state index in [0.717, 1.165) is 12.8 Å². The molecule has 2 fully saturated rings. The highest BCUT2D eigenvalue weighted by atomic mass is 16.4. The summed E-state index contributed by atoms with van der Waals surface area (Å²) in [5.74, 6) is 0.910. The first-order valence-electron chi connectivity index (χ1n) is 8.14. The fourth-order valence-electron chi connectivity index (χ4n) is 3.23. The van der Waals surface area contributed by atoms with Crippen LogP contribution >= 0.6 is 0 Å². The van der Waals surface area contributed by atoms with Gasteiger partial charge in [-0.1, -0.05) is 5.10 Å². The van der Waals surface area contributed by atoms with Crippen LogP contribution in [-0.2, 0) is 9.59 Å². The predicted octanol–water partition coefficient (Wildman–Crippen LogP) is 0.285. The molecule has 3 rings (SSSR count). The summed E-state index contributed by atoms with van der Waals surface area (Å²) in [5, 5.41) is 7.86. The number of piperazine rings is 1. The quantitative estimate of drug-likeness (QED) is 0.778. The minimum absolute atomic E-state index is 0.0443. The zero-order valence-corrected chi connectivity index (χ0v) is 13.7. The van der Waals surface area contributed by atoms with Gasteiger partial charge in [0.15, 0.2) is 0 Å². The second kappa shape index (κ2) is 6.55. The third kappa shape index (κ3) is 3.46. The van der Waals surface area contributed by atoms with Crippen LogP contribution in [0.1, 0.15) is 25.7 Å². The Hall–Kier alpha value is -2.12. The molecule has 2 aliphatic rings. The third-order valence-corrected chi connectivity index (χ3v) is 4.67. The van der Waals surface area contributed by atoms with Crippen LogP contribution < -0.4 is 4.90 Å². The van der Waals surface area contributed by atoms with Crippen molar-refractivity contribution < 1.29 is 14.0 Å². The Kier molecular flexibility index (Phi) is 4.49. The van der Waals surface area contributed by atoms with Crippen molar-refractivity contribution in [2.75, 3.05) is 44.2 Å². The lowest BCUT2D eigenvalue weighted by atomic mass is 9.95. The average molecular weight is 321 g/mol. The second-order valence-corrected chi connectivity index (χ2v) is 6.20. The van der Waals surface area contributed by atoms with Gasteiger partial charge in [-0.15, -0.1) is 5.10 Å². The number of hydrogen-bond acceptors (Lipinski definition) is 6. The predicted molar refractivity (Wildman–Crippen MR) is 82.8 cm³/mol. The highest BCUT2D eigenvalue weighted by molar-refractivity contribution is 5.80. The molecule has 23 heavy (non-hydrogen) atoms. The largest absolute Gasteiger partial charge is 0.408 e. The number of anilines is 1. The molecule has 0 atom stereocenters. The number of nitrogens with zero attached hydrogens (tertiary/aromatic N) is 5. The molecule has 0 radical (unpaired) electrons. The van der Waals surface area contributed by atoms with Crippen molar-refractivity contribution in [3.05, 3.63) is 5.89 Å². The van der Waals surface area contributed by atoms with E-state index in [9.17, 15) is 9.59 Å². The number of carbonyl (C=O) groups excluding carboxylic acids is 2. The van der Waals surface area contributed by atoms with Crippen LogP contribution in [0.3, 0.4) is 0 Å². The molecule has 0 saturated carbocycles. The number of likely N-dealkylation sites (tertiary alicyclic amines) is 1. The monoisotopic (exact) mass is 321 g/mol. The Balaban J connectivity index is 1.50. The van der Waals surface area contributed by atoms with E-state index in [1.165, 1.54) is 0 Å². The molecule has 0 aromatic carbocycles. The number of amides is 2. The first-order chi connectivity index (χ1) is 11.0. The van der Waals surface area contributed by atoms with Gasteiger partial charge in [0.2, 0.25) is 17.7 Å². The maximum atomic E-state index is 12.6. The molecule has 0 spiro atoms. The molecule has 2 amide bonds. The molecule has 0 unspecified atom stereocenters. The molecular formula is C15H23N5O3. The van der Waals surface area contributed by atoms with Crippen molar-refractivity contribution >= 4 is 17.8 Å². The number of aromatic nitrogens is 2. The van der Waals surface area contributed by atoms with E-state index in [-0.39, 0.29) is 17.7 Å². The molecule has 0 aliphatic carbocycles. The molecular weight excluding hydrogens is 298 g/mol. The smallest absolute Gasteiger partial charge is 0.318 e. The Morgan fingerprint density at radius 2 is 1.65 bits per heavy atom. The lowest BCUT2D eigenvalue weighted by Gasteiger charge is -2.37. The van der Waals surface area contributed by atoms with Crippen molar-refractivity contribution in [1.82, 2.24) is 20.0 Å². The summed E-state index contributed by atoms with van der Waals surface area (Å²) in [7, 11) is 0. The van der Waals surface area contributed by atoms with Crippen LogP contribution in [0.4, 0.5) is 6.01 Å². The molecule has 0 bridgehead atoms. The van der Waals surface area contributed by atoms with Crippen molar-refractivity contribution in [2.45, 2.75) is 26.7 Å². The fourth-order valence-corrected chi connectivity index (χ4v) is 3.23. The second-order valence-electron chi connectivity index (χ2n) is 6.20. The highest BCUT2D eigenvalue weighted by Gasteiger charge is 2.31. The summed E-state index contributed by atoms with van der Waals surface area (Å²) >= 11 is 0. The summed E-state index contributed by atoms with van der Waals surface area (Å²) in [5.41, 5.74) is 0. The van der Waals surface area contributed by atoms with Gasteiger partial charge in [-0.25, -0.2) is 0 Å². The zero-order chi connectivity index (χ0) is 16.4. The van der Waals surface area contributed by atoms with Crippen molar-refractivity contribution in [3.63, 3.8) is 0 Å². The summed E-state index contributed by atoms with van der Waals surface area (Å²) in [6, 6.07) is 0.532. The molecule has 8 nitrogen and oxygen atoms in total. The lowest BCUT2D eigenvalue weighted by molar-refractivity contribution is -0.140. The summed E-state index contributed by atoms with van der Waals surface area (Å²) in [4.78, 5) is 29.7. The lowest BCUT2D eigenvalue weighted by Crippen LogP contribution is -2.52. The zero-order valence-electron chi connectivity index (χ0n) is 13.7. The van der Waals surface area contributed by atoms with E-state index < -0.39 is 0 Å². The van der Waals surface area contributed by atoms with Crippen LogP contribution in [-0.4, -0.2) is 71.1 Å². The first-order valence-corrected chi connectivity index (χ1v) is 8.14. The molecule has 8 heteroatoms. The summed E-state index contributed by atoms with van der Waals surface area (Å²) < 4.78 is 5.43. The van der Waals surface area contributed by atoms with Gasteiger partial charge in [-0.2, -0.15) is 0 Å². The van der Waals surface area contributed by atoms with Gasteiger partial charge >= 0.3 is 6.01 Å². The molecule has 2 saturated heterocycles. The van der Waals surface area contributed by atoms with E-state index in [1.807, 2.05) is 14.7 Å². The molecule has 0 N–H and O–H groups in total. The average Bonchev–Trinajstić information content (AvgIpc) is 3.01. The van der Waals surface area contributed by atoms with Crippen LogP contribution in [0.15, 0.2) is 4.42 Å². The van der Waals surface area contributed by atoms with Gasteiger partial charge < -0.3 is 19.1 Å². The Labute approximate surface area is 135 Å². The number of carbonyl (C=O) groups is 2. The normalized spacial score (nSPS) is 20.0. The summed E-state index contributed by atoms with van der Waals surface area (Å²) in [6.07, 6.45) is 1.53. The van der Waals surface area contributed by atoms with E-state index in [2.05, 4.69) is 10.2 Å². The van der Waals surface area contributed by atoms with E-state index in [0.29, 0.717) is 51.2 Å². The van der Waals surface area contributed by atoms with Crippen LogP contribution in [0.25, 0.3) is 0 Å². The first kappa shape index (κ1) is 15.8. The van der Waals surface area contributed by atoms with Gasteiger partial charge in [0.25, 0.3) is 0 Å². The Morgan fingerprint density at radius 3 is 2.17 bits per heavy atom. The van der Waals surface area contributed by atoms with Crippen molar-refractivity contribution in [3.8, 4) is 0 Å². The fraction of sp³-hybridized carbons (Fsp3) is 0.733. The minimum atomic E-state index is 0.0443. The number of piperidine rings is 1. The number of hydrogen-bond donors (Lipinski definition) is 0. The van der Waals surface area contributed by atoms with E-state index >= 15 is 0 Å². The molecule has 1 aromatic rings. The standard InChI is InChI=1S/C15H23N5O3/c1-11-16-17-15(23-11)20-9-7-19(8-10-20)14(22)13-3-5-18(6-4-13)12(2)21/h13H,3-10H2,1-2H3. The van der Waals surface area contributed by atoms with Crippen LogP contribution in [0.2, 0.25) is 0 Å². The minimum Gasteiger partial charge on any atom is -0.408 e. The number of rotatable bonds is 2. The molecule has 3 heterocycles. The maximum Gasteiger partial charge on any atom is 0.318 e. The molecule has 2 aliphatic heterocycles. The van der Waals surface area contributed by atoms with Gasteiger partial charge in [-0.3, -0.25) is 9.59 Å². The topological polar surface area (TPSA) is 82.8 Å². The van der Waals surface area contributed by atoms with Gasteiger partial charge in [-0.05, 0) is 12.8 Å². The van der Waals surface area contributed by atoms with Gasteiger partial charge in [0, 0.05) is 59.0 Å². The number of aryl methyl sites for hydroxylation is 1. The summed E-state index contributed by atoms with van der Waals surface area (Å²) in [6.45, 7) is 7.49. The van der Waals surface area contributed by atoms with Crippen LogP contribution in [0, 0.1) is 12.8 Å². The van der Waals surface area contributed by atoms with Crippen molar-refractivity contribution in [2.24, 2.45) is 5.92 Å². The SMILES string of the molecule is CC(=O)N1CCC(C(=O)N2CCN(c3nnc(C)o3)CC2)CC1. The maximum absolute atomic E-state index is 12.6. The third-order valence-electron chi connectivity index (χ3n) is 4.67. The van der Waals surface area contributed by atoms with Gasteiger partial charge in [0.1, 0.15) is 0 Å². The van der Waals surface area contributed by atoms with Crippen LogP contribution in [0.5, 0.6) is 0 Å². The van der Waals surface area contributed by atoms with Gasteiger partial charge in [0.05, 0.1) is 0 Å². The highest BCUT2D eigenvalue weighted by Crippen LogP contribution is 2.21. The Bertz CT molecular complexity index is 571. The van der Waals surface area contributed by atoms with E-state index in [1.54, 1.807) is 13.8 Å². The molecule has 1 aromatic heterocycles. The van der Waals surface area contributed by atoms with Crippen molar-refractivity contribution in [1.29, 1.82) is 0 Å².